The van der Waals surface area contributed by atoms with Crippen LogP contribution in [0.2, 0.25) is 0 Å². The fourth-order valence-electron chi connectivity index (χ4n) is 2.78. The Bertz CT molecular complexity index is 606. The Morgan fingerprint density at radius 3 is 2.40 bits per heavy atom. The van der Waals surface area contributed by atoms with Crippen molar-refractivity contribution in [3.63, 3.8) is 0 Å². The molecule has 1 unspecified atom stereocenters. The average Bonchev–Trinajstić information content (AvgIpc) is 3.29. The first kappa shape index (κ1) is 13.1. The smallest absolute Gasteiger partial charge is 0.132 e. The molecule has 0 saturated heterocycles. The standard InChI is InChI=1S/C17H17FO2/c1-20-13-7-8-14(15(18)11-13)16(19)17(9-10-17)12-5-3-2-4-6-12/h2-8,11,16,19H,9-10H2,1H3. The van der Waals surface area contributed by atoms with Crippen LogP contribution in [0.3, 0.4) is 0 Å². The quantitative estimate of drug-likeness (QED) is 0.921. The van der Waals surface area contributed by atoms with Gasteiger partial charge in [0, 0.05) is 17.0 Å². The number of benzene rings is 2. The summed E-state index contributed by atoms with van der Waals surface area (Å²) in [4.78, 5) is 0. The van der Waals surface area contributed by atoms with E-state index in [9.17, 15) is 9.50 Å². The number of hydrogen-bond donors (Lipinski definition) is 1. The van der Waals surface area contributed by atoms with Gasteiger partial charge in [-0.05, 0) is 30.5 Å². The number of aliphatic hydroxyl groups excluding tert-OH is 1. The van der Waals surface area contributed by atoms with Gasteiger partial charge >= 0.3 is 0 Å². The van der Waals surface area contributed by atoms with E-state index in [4.69, 9.17) is 4.74 Å². The third-order valence-corrected chi connectivity index (χ3v) is 4.16. The van der Waals surface area contributed by atoms with Crippen molar-refractivity contribution in [1.29, 1.82) is 0 Å². The zero-order valence-electron chi connectivity index (χ0n) is 11.3. The van der Waals surface area contributed by atoms with E-state index >= 15 is 0 Å². The predicted octanol–water partition coefficient (Wildman–Crippen LogP) is 3.60. The van der Waals surface area contributed by atoms with Crippen molar-refractivity contribution in [3.8, 4) is 5.75 Å². The summed E-state index contributed by atoms with van der Waals surface area (Å²) in [6.07, 6.45) is 0.934. The summed E-state index contributed by atoms with van der Waals surface area (Å²) in [6.45, 7) is 0. The third-order valence-electron chi connectivity index (χ3n) is 4.16. The first-order valence-corrected chi connectivity index (χ1v) is 6.74. The van der Waals surface area contributed by atoms with Crippen LogP contribution in [0.25, 0.3) is 0 Å². The molecule has 2 aromatic rings. The summed E-state index contributed by atoms with van der Waals surface area (Å²) in [5.41, 5.74) is 1.08. The highest BCUT2D eigenvalue weighted by atomic mass is 19.1. The molecule has 0 aromatic heterocycles. The van der Waals surface area contributed by atoms with Crippen LogP contribution in [-0.2, 0) is 5.41 Å². The van der Waals surface area contributed by atoms with Crippen molar-refractivity contribution < 1.29 is 14.2 Å². The van der Waals surface area contributed by atoms with E-state index in [0.717, 1.165) is 18.4 Å². The van der Waals surface area contributed by atoms with Crippen LogP contribution in [0.5, 0.6) is 5.75 Å². The van der Waals surface area contributed by atoms with Crippen LogP contribution >= 0.6 is 0 Å². The summed E-state index contributed by atoms with van der Waals surface area (Å²) in [5.74, 6) is 0.0436. The average molecular weight is 272 g/mol. The van der Waals surface area contributed by atoms with Gasteiger partial charge in [0.25, 0.3) is 0 Å². The molecule has 104 valence electrons. The van der Waals surface area contributed by atoms with Crippen LogP contribution in [-0.4, -0.2) is 12.2 Å². The molecule has 2 nitrogen and oxygen atoms in total. The highest BCUT2D eigenvalue weighted by Crippen LogP contribution is 2.56. The first-order valence-electron chi connectivity index (χ1n) is 6.74. The Morgan fingerprint density at radius 2 is 1.85 bits per heavy atom. The summed E-state index contributed by atoms with van der Waals surface area (Å²) >= 11 is 0. The topological polar surface area (TPSA) is 29.5 Å². The largest absolute Gasteiger partial charge is 0.497 e. The molecule has 0 amide bonds. The maximum Gasteiger partial charge on any atom is 0.132 e. The van der Waals surface area contributed by atoms with E-state index in [-0.39, 0.29) is 5.41 Å². The maximum atomic E-state index is 14.1. The van der Waals surface area contributed by atoms with Crippen molar-refractivity contribution in [1.82, 2.24) is 0 Å². The van der Waals surface area contributed by atoms with Gasteiger partial charge in [0.15, 0.2) is 0 Å². The van der Waals surface area contributed by atoms with Gasteiger partial charge < -0.3 is 9.84 Å². The zero-order chi connectivity index (χ0) is 14.2. The SMILES string of the molecule is COc1ccc(C(O)C2(c3ccccc3)CC2)c(F)c1. The van der Waals surface area contributed by atoms with Gasteiger partial charge in [0.1, 0.15) is 11.6 Å². The second kappa shape index (κ2) is 4.91. The molecule has 1 aliphatic rings. The summed E-state index contributed by atoms with van der Waals surface area (Å²) < 4.78 is 19.1. The summed E-state index contributed by atoms with van der Waals surface area (Å²) in [6, 6.07) is 14.5. The molecule has 1 aliphatic carbocycles. The molecule has 0 bridgehead atoms. The van der Waals surface area contributed by atoms with E-state index in [2.05, 4.69) is 0 Å². The third kappa shape index (κ3) is 2.08. The van der Waals surface area contributed by atoms with Gasteiger partial charge in [-0.2, -0.15) is 0 Å². The van der Waals surface area contributed by atoms with E-state index in [1.54, 1.807) is 12.1 Å². The second-order valence-corrected chi connectivity index (χ2v) is 5.31. The minimum absolute atomic E-state index is 0.337. The Kier molecular flexibility index (Phi) is 3.22. The van der Waals surface area contributed by atoms with E-state index in [1.165, 1.54) is 13.2 Å². The van der Waals surface area contributed by atoms with Crippen LogP contribution in [0, 0.1) is 5.82 Å². The van der Waals surface area contributed by atoms with Crippen molar-refractivity contribution in [2.75, 3.05) is 7.11 Å². The molecule has 3 heteroatoms. The molecule has 0 spiro atoms. The van der Waals surface area contributed by atoms with Gasteiger partial charge in [-0.3, -0.25) is 0 Å². The summed E-state index contributed by atoms with van der Waals surface area (Å²) in [5, 5.41) is 10.6. The minimum atomic E-state index is -0.823. The van der Waals surface area contributed by atoms with Crippen LogP contribution in [0.15, 0.2) is 48.5 Å². The molecule has 3 rings (SSSR count). The normalized spacial score (nSPS) is 17.6. The molecule has 0 heterocycles. The Morgan fingerprint density at radius 1 is 1.15 bits per heavy atom. The molecular weight excluding hydrogens is 255 g/mol. The molecule has 0 aliphatic heterocycles. The number of hydrogen-bond acceptors (Lipinski definition) is 2. The molecule has 1 N–H and O–H groups in total. The van der Waals surface area contributed by atoms with Gasteiger partial charge in [0.2, 0.25) is 0 Å². The minimum Gasteiger partial charge on any atom is -0.497 e. The fraction of sp³-hybridized carbons (Fsp3) is 0.294. The lowest BCUT2D eigenvalue weighted by Crippen LogP contribution is -2.19. The molecular formula is C17H17FO2. The highest BCUT2D eigenvalue weighted by Gasteiger charge is 2.51. The van der Waals surface area contributed by atoms with Crippen LogP contribution < -0.4 is 4.74 Å². The Labute approximate surface area is 117 Å². The van der Waals surface area contributed by atoms with Crippen molar-refractivity contribution in [2.24, 2.45) is 0 Å². The van der Waals surface area contributed by atoms with Crippen molar-refractivity contribution >= 4 is 0 Å². The molecule has 2 aromatic carbocycles. The molecule has 1 saturated carbocycles. The monoisotopic (exact) mass is 272 g/mol. The van der Waals surface area contributed by atoms with Gasteiger partial charge in [-0.25, -0.2) is 4.39 Å². The lowest BCUT2D eigenvalue weighted by Gasteiger charge is -2.23. The number of ether oxygens (including phenoxy) is 1. The van der Waals surface area contributed by atoms with E-state index in [1.807, 2.05) is 30.3 Å². The fourth-order valence-corrected chi connectivity index (χ4v) is 2.78. The van der Waals surface area contributed by atoms with E-state index in [0.29, 0.717) is 11.3 Å². The number of aliphatic hydroxyl groups is 1. The molecule has 20 heavy (non-hydrogen) atoms. The Hall–Kier alpha value is -1.87. The number of methoxy groups -OCH3 is 1. The molecule has 0 radical (unpaired) electrons. The lowest BCUT2D eigenvalue weighted by atomic mass is 9.86. The number of halogens is 1. The highest BCUT2D eigenvalue weighted by molar-refractivity contribution is 5.39. The zero-order valence-corrected chi connectivity index (χ0v) is 11.3. The van der Waals surface area contributed by atoms with Crippen LogP contribution in [0.4, 0.5) is 4.39 Å². The predicted molar refractivity (Wildman–Crippen MR) is 75.3 cm³/mol. The maximum absolute atomic E-state index is 14.1. The van der Waals surface area contributed by atoms with Gasteiger partial charge in [-0.1, -0.05) is 30.3 Å². The van der Waals surface area contributed by atoms with Crippen molar-refractivity contribution in [3.05, 3.63) is 65.5 Å². The van der Waals surface area contributed by atoms with Crippen molar-refractivity contribution in [2.45, 2.75) is 24.4 Å². The van der Waals surface area contributed by atoms with Gasteiger partial charge in [0.05, 0.1) is 13.2 Å². The van der Waals surface area contributed by atoms with E-state index < -0.39 is 11.9 Å². The summed E-state index contributed by atoms with van der Waals surface area (Å²) in [7, 11) is 1.50. The first-order chi connectivity index (χ1) is 9.67. The molecule has 1 atom stereocenters. The van der Waals surface area contributed by atoms with Gasteiger partial charge in [-0.15, -0.1) is 0 Å². The molecule has 1 fully saturated rings. The second-order valence-electron chi connectivity index (χ2n) is 5.31. The Balaban J connectivity index is 1.95. The van der Waals surface area contributed by atoms with Crippen LogP contribution in [0.1, 0.15) is 30.1 Å². The lowest BCUT2D eigenvalue weighted by molar-refractivity contribution is 0.129. The number of rotatable bonds is 4.